The molecule has 1 aliphatic rings. The van der Waals surface area contributed by atoms with E-state index in [0.717, 1.165) is 35.9 Å². The van der Waals surface area contributed by atoms with Crippen LogP contribution >= 0.6 is 46.6 Å². The maximum Gasteiger partial charge on any atom is 0.274 e. The molecule has 0 radical (unpaired) electrons. The number of rotatable bonds is 24. The van der Waals surface area contributed by atoms with Crippen LogP contribution in [0.4, 0.5) is 5.82 Å². The Morgan fingerprint density at radius 1 is 1.06 bits per heavy atom. The second-order valence-corrected chi connectivity index (χ2v) is 20.2. The number of ether oxygens (including phenoxy) is 1. The second-order valence-electron chi connectivity index (χ2n) is 14.1. The number of nitrogens with two attached hydrogens (primary N) is 1. The van der Waals surface area contributed by atoms with Crippen molar-refractivity contribution in [1.29, 1.82) is 0 Å². The van der Waals surface area contributed by atoms with E-state index in [1.165, 1.54) is 25.2 Å². The molecule has 1 aliphatic heterocycles. The van der Waals surface area contributed by atoms with Crippen LogP contribution in [0.5, 0.6) is 0 Å². The number of thiophene rings is 1. The summed E-state index contributed by atoms with van der Waals surface area (Å²) in [6.07, 6.45) is -7.16. The highest BCUT2D eigenvalue weighted by molar-refractivity contribution is 8.13. The molecule has 62 heavy (non-hydrogen) atoms. The first kappa shape index (κ1) is 51.2. The van der Waals surface area contributed by atoms with Crippen LogP contribution in [0.3, 0.4) is 0 Å². The van der Waals surface area contributed by atoms with Crippen LogP contribution < -0.4 is 35.9 Å². The molecule has 3 aromatic heterocycles. The number of phosphoric acid groups is 3. The molecule has 7 unspecified atom stereocenters. The summed E-state index contributed by atoms with van der Waals surface area (Å²) >= 11 is 1.96. The van der Waals surface area contributed by atoms with Crippen molar-refractivity contribution in [1.82, 2.24) is 30.2 Å². The number of Topliss-reactive ketones (excluding diaryl/α,β-unsaturated/α-hetero) is 2. The molecular weight excluding hydrogens is 931 g/mol. The largest absolute Gasteiger partial charge is 0.790 e. The fourth-order valence-corrected chi connectivity index (χ4v) is 9.65. The number of ketones is 2. The van der Waals surface area contributed by atoms with Crippen LogP contribution in [-0.4, -0.2) is 115 Å². The number of hydrogen-bond acceptors (Lipinski definition) is 25. The zero-order valence-corrected chi connectivity index (χ0v) is 37.0. The molecule has 0 aliphatic carbocycles. The number of phosphoric ester groups is 3. The van der Waals surface area contributed by atoms with E-state index in [1.807, 2.05) is 0 Å². The average Bonchev–Trinajstić information content (AvgIpc) is 3.92. The standard InChI is InChI=1S/C31H44N7O19P3S2/c1-30(2,26(44)29(45)34-7-6-21(41)33-8-10-62-22(42)12-17(39)11-18(40)20-5-4-9-61-20)14-54-60(51,52)57-59(49,50)53-13-19-24(56-58(46,47)48)25(43)31(3,55-19)38-16-37-23-27(32)35-15-36-28(23)38/h4-5,9,15-16,19,24-26,43-44H,6-8,10-14H2,1-3H3,(H,33,41)(H,34,45)(H,49,50)(H,51,52)(H2,32,35,36)(H2,46,47,48)/p-4. The number of aromatic nitrogens is 4. The Balaban J connectivity index is 1.20. The third-order valence-corrected chi connectivity index (χ3v) is 13.5. The molecule has 4 rings (SSSR count). The highest BCUT2D eigenvalue weighted by Crippen LogP contribution is 2.56. The Hall–Kier alpha value is -3.40. The van der Waals surface area contributed by atoms with Crippen LogP contribution in [0.15, 0.2) is 30.2 Å². The van der Waals surface area contributed by atoms with Crippen molar-refractivity contribution in [3.05, 3.63) is 35.0 Å². The van der Waals surface area contributed by atoms with E-state index in [-0.39, 0.29) is 48.0 Å². The molecule has 1 saturated heterocycles. The van der Waals surface area contributed by atoms with Crippen LogP contribution in [0.2, 0.25) is 0 Å². The van der Waals surface area contributed by atoms with E-state index < -0.39 is 108 Å². The Morgan fingerprint density at radius 2 is 1.76 bits per heavy atom. The first-order valence-electron chi connectivity index (χ1n) is 17.8. The molecule has 7 atom stereocenters. The lowest BCUT2D eigenvalue weighted by Gasteiger charge is -2.36. The fourth-order valence-electron chi connectivity index (χ4n) is 5.56. The number of nitrogen functional groups attached to an aromatic ring is 1. The number of amides is 2. The van der Waals surface area contributed by atoms with Gasteiger partial charge >= 0.3 is 0 Å². The highest BCUT2D eigenvalue weighted by Gasteiger charge is 2.55. The fraction of sp³-hybridized carbons (Fsp3) is 0.548. The summed E-state index contributed by atoms with van der Waals surface area (Å²) in [4.78, 5) is 121. The molecule has 0 saturated carbocycles. The summed E-state index contributed by atoms with van der Waals surface area (Å²) in [6.45, 7) is 0.874. The molecule has 3 aromatic rings. The van der Waals surface area contributed by atoms with E-state index in [2.05, 4.69) is 43.5 Å². The van der Waals surface area contributed by atoms with Gasteiger partial charge in [0.1, 0.15) is 42.0 Å². The summed E-state index contributed by atoms with van der Waals surface area (Å²) in [5, 5.41) is 27.6. The molecule has 6 N–H and O–H groups in total. The summed E-state index contributed by atoms with van der Waals surface area (Å²) in [6, 6.07) is 3.24. The Kier molecular flexibility index (Phi) is 17.4. The van der Waals surface area contributed by atoms with E-state index in [9.17, 15) is 67.5 Å². The summed E-state index contributed by atoms with van der Waals surface area (Å²) in [7, 11) is -17.7. The molecule has 4 heterocycles. The maximum atomic E-state index is 12.6. The van der Waals surface area contributed by atoms with Gasteiger partial charge in [-0.3, -0.25) is 37.7 Å². The monoisotopic (exact) mass is 971 g/mol. The third-order valence-electron chi connectivity index (χ3n) is 8.72. The lowest BCUT2D eigenvalue weighted by molar-refractivity contribution is -0.347. The van der Waals surface area contributed by atoms with Crippen LogP contribution in [0.1, 0.15) is 49.7 Å². The molecule has 344 valence electrons. The van der Waals surface area contributed by atoms with Crippen molar-refractivity contribution in [2.24, 2.45) is 5.41 Å². The number of nitrogens with one attached hydrogen (secondary N) is 2. The minimum atomic E-state index is -5.97. The smallest absolute Gasteiger partial charge is 0.274 e. The van der Waals surface area contributed by atoms with Gasteiger partial charge in [-0.15, -0.1) is 11.3 Å². The summed E-state index contributed by atoms with van der Waals surface area (Å²) in [5.74, 6) is -2.54. The topological polar surface area (TPSA) is 409 Å². The molecule has 1 fully saturated rings. The van der Waals surface area contributed by atoms with E-state index in [4.69, 9.17) is 10.5 Å². The van der Waals surface area contributed by atoms with Gasteiger partial charge in [-0.25, -0.2) is 19.3 Å². The molecular formula is C31H40N7O19P3S2-4. The predicted molar refractivity (Wildman–Crippen MR) is 206 cm³/mol. The third kappa shape index (κ3) is 14.3. The Labute approximate surface area is 359 Å². The van der Waals surface area contributed by atoms with Crippen molar-refractivity contribution < 1.29 is 90.1 Å². The molecule has 0 aromatic carbocycles. The summed E-state index contributed by atoms with van der Waals surface area (Å²) < 4.78 is 61.1. The lowest BCUT2D eigenvalue weighted by Crippen LogP contribution is -2.46. The average molecular weight is 972 g/mol. The molecule has 31 heteroatoms. The van der Waals surface area contributed by atoms with Gasteiger partial charge in [0.25, 0.3) is 15.6 Å². The van der Waals surface area contributed by atoms with E-state index >= 15 is 0 Å². The van der Waals surface area contributed by atoms with Gasteiger partial charge in [-0.1, -0.05) is 31.7 Å². The minimum Gasteiger partial charge on any atom is -0.790 e. The number of fused-ring (bicyclic) bond motifs is 1. The molecule has 2 amide bonds. The van der Waals surface area contributed by atoms with Crippen LogP contribution in [0, 0.1) is 5.41 Å². The Bertz CT molecular complexity index is 2260. The van der Waals surface area contributed by atoms with Gasteiger partial charge in [-0.2, -0.15) is 0 Å². The first-order valence-corrected chi connectivity index (χ1v) is 24.1. The normalized spacial score (nSPS) is 21.8. The summed E-state index contributed by atoms with van der Waals surface area (Å²) in [5.41, 5.74) is 1.93. The Morgan fingerprint density at radius 3 is 2.42 bits per heavy atom. The number of hydrogen-bond donors (Lipinski definition) is 5. The number of aliphatic hydroxyl groups is 2. The maximum absolute atomic E-state index is 12.6. The number of aliphatic hydroxyl groups excluding tert-OH is 2. The number of imidazole rings is 1. The van der Waals surface area contributed by atoms with Crippen LogP contribution in [0.25, 0.3) is 11.2 Å². The predicted octanol–water partition coefficient (Wildman–Crippen LogP) is -2.40. The number of thioether (sulfide) groups is 1. The molecule has 0 bridgehead atoms. The number of nitrogens with zero attached hydrogens (tertiary/aromatic N) is 4. The lowest BCUT2D eigenvalue weighted by atomic mass is 9.87. The van der Waals surface area contributed by atoms with Crippen molar-refractivity contribution >= 4 is 92.0 Å². The van der Waals surface area contributed by atoms with Gasteiger partial charge in [0, 0.05) is 30.7 Å². The van der Waals surface area contributed by atoms with Crippen molar-refractivity contribution in [2.45, 2.75) is 70.2 Å². The van der Waals surface area contributed by atoms with Gasteiger partial charge in [-0.05, 0) is 18.4 Å². The zero-order chi connectivity index (χ0) is 46.3. The van der Waals surface area contributed by atoms with Crippen molar-refractivity contribution in [2.75, 3.05) is 37.8 Å². The van der Waals surface area contributed by atoms with Gasteiger partial charge in [0.05, 0.1) is 45.1 Å². The minimum absolute atomic E-state index is 0.0192. The SMILES string of the molecule is CC(C)(COP(=O)([O-])OP(=O)([O-])OCC1OC(C)(n2cnc3c(N)ncnc32)C(O)C1OP(=O)([O-])[O-])C(O)C(=O)NCCC(=O)NCCSC(=O)CC(=O)CC(=O)c1cccs1. The first-order chi connectivity index (χ1) is 28.7. The second kappa shape index (κ2) is 21.1. The van der Waals surface area contributed by atoms with Crippen LogP contribution in [-0.2, 0) is 61.2 Å². The van der Waals surface area contributed by atoms with Gasteiger partial charge in [0.2, 0.25) is 11.8 Å². The quantitative estimate of drug-likeness (QED) is 0.0270. The number of carbonyl (C=O) groups excluding carboxylic acids is 5. The number of anilines is 1. The molecule has 26 nitrogen and oxygen atoms in total. The zero-order valence-electron chi connectivity index (χ0n) is 32.7. The van der Waals surface area contributed by atoms with Gasteiger partial charge in [0.15, 0.2) is 28.1 Å². The molecule has 0 spiro atoms. The van der Waals surface area contributed by atoms with Gasteiger partial charge < -0.3 is 69.0 Å². The van der Waals surface area contributed by atoms with Crippen molar-refractivity contribution in [3.63, 3.8) is 0 Å². The highest BCUT2D eigenvalue weighted by atomic mass is 32.2. The van der Waals surface area contributed by atoms with E-state index in [0.29, 0.717) is 4.88 Å². The number of carbonyl (C=O) groups is 5. The van der Waals surface area contributed by atoms with E-state index in [1.54, 1.807) is 17.5 Å². The van der Waals surface area contributed by atoms with Crippen molar-refractivity contribution in [3.8, 4) is 0 Å².